The van der Waals surface area contributed by atoms with E-state index in [2.05, 4.69) is 15.5 Å². The van der Waals surface area contributed by atoms with Crippen molar-refractivity contribution in [2.75, 3.05) is 6.54 Å². The van der Waals surface area contributed by atoms with Gasteiger partial charge in [0.15, 0.2) is 18.2 Å². The van der Waals surface area contributed by atoms with Gasteiger partial charge in [0.2, 0.25) is 10.0 Å². The number of aryl methyl sites for hydroxylation is 1. The molecule has 162 valence electrons. The average molecular weight is 436 g/mol. The van der Waals surface area contributed by atoms with Crippen molar-refractivity contribution < 1.29 is 22.7 Å². The lowest BCUT2D eigenvalue weighted by atomic mass is 10.1. The number of ether oxygens (including phenoxy) is 1. The van der Waals surface area contributed by atoms with Gasteiger partial charge in [0.1, 0.15) is 6.04 Å². The zero-order chi connectivity index (χ0) is 21.7. The number of aromatic nitrogens is 4. The van der Waals surface area contributed by atoms with Gasteiger partial charge in [-0.3, -0.25) is 9.59 Å². The van der Waals surface area contributed by atoms with E-state index >= 15 is 0 Å². The molecule has 2 heterocycles. The Bertz CT molecular complexity index is 1000. The fourth-order valence-electron chi connectivity index (χ4n) is 3.37. The number of nitrogens with zero attached hydrogens (tertiary/aromatic N) is 5. The molecule has 0 bridgehead atoms. The number of benzene rings is 1. The number of esters is 1. The minimum absolute atomic E-state index is 0.0408. The normalized spacial score (nSPS) is 17.6. The number of carbonyl (C=O) groups excluding carboxylic acids is 2. The number of hydrogen-bond donors (Lipinski definition) is 0. The first-order chi connectivity index (χ1) is 14.3. The summed E-state index contributed by atoms with van der Waals surface area (Å²) in [6.07, 6.45) is 2.58. The number of hydrogen-bond acceptors (Lipinski definition) is 8. The van der Waals surface area contributed by atoms with Crippen LogP contribution in [-0.4, -0.2) is 57.3 Å². The number of tetrazole rings is 1. The molecule has 1 saturated heterocycles. The Morgan fingerprint density at radius 2 is 1.93 bits per heavy atom. The van der Waals surface area contributed by atoms with Gasteiger partial charge in [0, 0.05) is 18.7 Å². The van der Waals surface area contributed by atoms with Gasteiger partial charge in [0.05, 0.1) is 4.90 Å². The van der Waals surface area contributed by atoms with E-state index in [1.807, 2.05) is 6.92 Å². The maximum Gasteiger partial charge on any atom is 0.324 e. The lowest BCUT2D eigenvalue weighted by Gasteiger charge is -2.33. The van der Waals surface area contributed by atoms with E-state index in [9.17, 15) is 18.0 Å². The van der Waals surface area contributed by atoms with Gasteiger partial charge in [-0.1, -0.05) is 19.1 Å². The second-order valence-electron chi connectivity index (χ2n) is 7.13. The fourth-order valence-corrected chi connectivity index (χ4v) is 5.02. The third kappa shape index (κ3) is 4.73. The summed E-state index contributed by atoms with van der Waals surface area (Å²) in [5, 5.41) is 11.3. The fraction of sp³-hybridized carbons (Fsp3) is 0.526. The maximum atomic E-state index is 13.2. The van der Waals surface area contributed by atoms with Gasteiger partial charge in [-0.15, -0.1) is 5.10 Å². The molecule has 0 amide bonds. The smallest absolute Gasteiger partial charge is 0.324 e. The molecular formula is C19H25N5O5S. The molecule has 1 aromatic heterocycles. The first kappa shape index (κ1) is 22.0. The summed E-state index contributed by atoms with van der Waals surface area (Å²) in [4.78, 5) is 24.2. The van der Waals surface area contributed by atoms with Crippen LogP contribution in [0.2, 0.25) is 0 Å². The van der Waals surface area contributed by atoms with Gasteiger partial charge in [0.25, 0.3) is 0 Å². The van der Waals surface area contributed by atoms with Crippen molar-refractivity contribution in [1.82, 2.24) is 24.5 Å². The number of rotatable bonds is 8. The van der Waals surface area contributed by atoms with Crippen LogP contribution in [0.3, 0.4) is 0 Å². The molecule has 1 unspecified atom stereocenters. The van der Waals surface area contributed by atoms with Crippen molar-refractivity contribution in [3.8, 4) is 0 Å². The van der Waals surface area contributed by atoms with Gasteiger partial charge in [-0.2, -0.15) is 4.31 Å². The molecule has 10 nitrogen and oxygen atoms in total. The largest absolute Gasteiger partial charge is 0.456 e. The predicted molar refractivity (Wildman–Crippen MR) is 106 cm³/mol. The minimum atomic E-state index is -3.91. The van der Waals surface area contributed by atoms with Crippen molar-refractivity contribution in [1.29, 1.82) is 0 Å². The second-order valence-corrected chi connectivity index (χ2v) is 9.02. The quantitative estimate of drug-likeness (QED) is 0.452. The monoisotopic (exact) mass is 435 g/mol. The molecule has 1 aliphatic heterocycles. The van der Waals surface area contributed by atoms with E-state index in [1.54, 1.807) is 4.68 Å². The lowest BCUT2D eigenvalue weighted by Crippen LogP contribution is -2.48. The predicted octanol–water partition coefficient (Wildman–Crippen LogP) is 1.57. The Hall–Kier alpha value is -2.66. The van der Waals surface area contributed by atoms with E-state index in [1.165, 1.54) is 35.5 Å². The Labute approximate surface area is 175 Å². The number of sulfonamides is 1. The van der Waals surface area contributed by atoms with E-state index < -0.39 is 22.0 Å². The summed E-state index contributed by atoms with van der Waals surface area (Å²) in [6.45, 7) is 4.09. The molecule has 1 atom stereocenters. The average Bonchev–Trinajstić information content (AvgIpc) is 3.19. The second kappa shape index (κ2) is 9.43. The van der Waals surface area contributed by atoms with Crippen LogP contribution in [0.4, 0.5) is 0 Å². The highest BCUT2D eigenvalue weighted by Gasteiger charge is 2.38. The Morgan fingerprint density at radius 3 is 2.60 bits per heavy atom. The van der Waals surface area contributed by atoms with Crippen LogP contribution in [0, 0.1) is 0 Å². The Kier molecular flexibility index (Phi) is 6.93. The number of piperidine rings is 1. The van der Waals surface area contributed by atoms with Crippen LogP contribution in [0.5, 0.6) is 0 Å². The van der Waals surface area contributed by atoms with Gasteiger partial charge in [-0.05, 0) is 55.2 Å². The summed E-state index contributed by atoms with van der Waals surface area (Å²) >= 11 is 0. The zero-order valence-electron chi connectivity index (χ0n) is 17.0. The van der Waals surface area contributed by atoms with Crippen molar-refractivity contribution in [3.05, 3.63) is 35.7 Å². The van der Waals surface area contributed by atoms with Crippen LogP contribution in [0.15, 0.2) is 29.2 Å². The summed E-state index contributed by atoms with van der Waals surface area (Å²) in [6, 6.07) is 4.82. The van der Waals surface area contributed by atoms with Gasteiger partial charge < -0.3 is 4.74 Å². The zero-order valence-corrected chi connectivity index (χ0v) is 17.8. The third-order valence-corrected chi connectivity index (χ3v) is 6.90. The molecule has 2 aromatic rings. The van der Waals surface area contributed by atoms with Gasteiger partial charge >= 0.3 is 5.97 Å². The summed E-state index contributed by atoms with van der Waals surface area (Å²) < 4.78 is 34.4. The van der Waals surface area contributed by atoms with Crippen LogP contribution < -0.4 is 0 Å². The standard InChI is InChI=1S/C19H25N5O5S/c1-3-11-23-18(20-21-22-23)13-29-19(26)17-6-4-5-12-24(17)30(27,28)16-9-7-15(8-10-16)14(2)25/h7-10,17H,3-6,11-13H2,1-2H3. The van der Waals surface area contributed by atoms with E-state index in [-0.39, 0.29) is 23.8 Å². The molecule has 1 aromatic carbocycles. The first-order valence-corrected chi connectivity index (χ1v) is 11.3. The van der Waals surface area contributed by atoms with Crippen molar-refractivity contribution >= 4 is 21.8 Å². The molecule has 0 N–H and O–H groups in total. The number of ketones is 1. The maximum absolute atomic E-state index is 13.2. The lowest BCUT2D eigenvalue weighted by molar-refractivity contribution is -0.150. The summed E-state index contributed by atoms with van der Waals surface area (Å²) in [5.74, 6) is -0.358. The van der Waals surface area contributed by atoms with Crippen LogP contribution in [0.25, 0.3) is 0 Å². The highest BCUT2D eigenvalue weighted by atomic mass is 32.2. The van der Waals surface area contributed by atoms with Crippen molar-refractivity contribution in [3.63, 3.8) is 0 Å². The summed E-state index contributed by atoms with van der Waals surface area (Å²) in [5.41, 5.74) is 0.424. The van der Waals surface area contributed by atoms with Crippen LogP contribution in [0.1, 0.15) is 55.7 Å². The number of carbonyl (C=O) groups is 2. The third-order valence-electron chi connectivity index (χ3n) is 4.98. The molecule has 0 radical (unpaired) electrons. The highest BCUT2D eigenvalue weighted by Crippen LogP contribution is 2.26. The molecule has 0 aliphatic carbocycles. The number of Topliss-reactive ketones (excluding diaryl/α,β-unsaturated/α-hetero) is 1. The Balaban J connectivity index is 1.75. The van der Waals surface area contributed by atoms with E-state index in [0.29, 0.717) is 30.8 Å². The van der Waals surface area contributed by atoms with Gasteiger partial charge in [-0.25, -0.2) is 13.1 Å². The van der Waals surface area contributed by atoms with E-state index in [0.717, 1.165) is 12.8 Å². The molecule has 3 rings (SSSR count). The molecule has 1 aliphatic rings. The molecule has 11 heteroatoms. The molecule has 0 spiro atoms. The highest BCUT2D eigenvalue weighted by molar-refractivity contribution is 7.89. The molecule has 30 heavy (non-hydrogen) atoms. The molecule has 0 saturated carbocycles. The topological polar surface area (TPSA) is 124 Å². The molecule has 1 fully saturated rings. The van der Waals surface area contributed by atoms with Crippen LogP contribution in [-0.2, 0) is 32.7 Å². The first-order valence-electron chi connectivity index (χ1n) is 9.89. The van der Waals surface area contributed by atoms with Crippen molar-refractivity contribution in [2.45, 2.75) is 63.6 Å². The Morgan fingerprint density at radius 1 is 1.20 bits per heavy atom. The summed E-state index contributed by atoms with van der Waals surface area (Å²) in [7, 11) is -3.91. The van der Waals surface area contributed by atoms with Crippen molar-refractivity contribution in [2.24, 2.45) is 0 Å². The van der Waals surface area contributed by atoms with Crippen LogP contribution >= 0.6 is 0 Å². The SMILES string of the molecule is CCCn1nnnc1COC(=O)C1CCCCN1S(=O)(=O)c1ccc(C(C)=O)cc1. The minimum Gasteiger partial charge on any atom is -0.456 e. The van der Waals surface area contributed by atoms with E-state index in [4.69, 9.17) is 4.74 Å². The molecular weight excluding hydrogens is 410 g/mol.